The second-order valence-corrected chi connectivity index (χ2v) is 22.1. The fourth-order valence-corrected chi connectivity index (χ4v) is 10.1. The average molecular weight is 1030 g/mol. The number of nitrogens with one attached hydrogen (secondary N) is 1. The maximum absolute atomic E-state index is 14.2. The predicted molar refractivity (Wildman–Crippen MR) is 284 cm³/mol. The smallest absolute Gasteiger partial charge is 0.410 e. The number of hydrogen-bond acceptors (Lipinski definition) is 12. The topological polar surface area (TPSA) is 214 Å². The number of carbonyl (C=O) groups is 7. The Kier molecular flexibility index (Phi) is 19.8. The SMILES string of the molecule is CCc1cc2c(cc1C(=O)N(C(C)C)[C@@H]1CCCN(C(=O)OC(C)(C)C)C1)N(CCN)C(=O)[C@@H](C)O2.CCc1cc2c(cc1C(=O)N(C(C)C)[C@@H]1CCCN(C(=O)OC(C)(C)C)C1)N(CCNC=O)C(=O)[C@@H](C)O2. The Morgan fingerprint density at radius 1 is 0.703 bits per heavy atom. The molecular formula is C55H84N8O11. The van der Waals surface area contributed by atoms with Crippen molar-refractivity contribution in [3.63, 3.8) is 0 Å². The van der Waals surface area contributed by atoms with Crippen LogP contribution in [0, 0.1) is 0 Å². The quantitative estimate of drug-likeness (QED) is 0.146. The number of aryl methyl sites for hydroxylation is 2. The van der Waals surface area contributed by atoms with Gasteiger partial charge in [0.1, 0.15) is 22.7 Å². The van der Waals surface area contributed by atoms with Crippen LogP contribution in [0.2, 0.25) is 0 Å². The largest absolute Gasteiger partial charge is 0.479 e. The number of hydrogen-bond donors (Lipinski definition) is 2. The van der Waals surface area contributed by atoms with Gasteiger partial charge in [-0.15, -0.1) is 0 Å². The molecule has 2 fully saturated rings. The molecule has 0 aliphatic carbocycles. The number of rotatable bonds is 14. The summed E-state index contributed by atoms with van der Waals surface area (Å²) < 4.78 is 23.0. The van der Waals surface area contributed by atoms with Crippen molar-refractivity contribution in [1.29, 1.82) is 0 Å². The first-order valence-corrected chi connectivity index (χ1v) is 26.5. The molecule has 19 heteroatoms. The van der Waals surface area contributed by atoms with Crippen LogP contribution in [0.4, 0.5) is 21.0 Å². The van der Waals surface area contributed by atoms with Gasteiger partial charge < -0.3 is 59.4 Å². The fourth-order valence-electron chi connectivity index (χ4n) is 10.1. The van der Waals surface area contributed by atoms with Crippen molar-refractivity contribution < 1.29 is 52.5 Å². The minimum atomic E-state index is -0.668. The molecule has 0 saturated carbocycles. The van der Waals surface area contributed by atoms with Crippen LogP contribution >= 0.6 is 0 Å². The molecule has 4 aliphatic heterocycles. The Labute approximate surface area is 438 Å². The van der Waals surface area contributed by atoms with Gasteiger partial charge in [-0.2, -0.15) is 0 Å². The highest BCUT2D eigenvalue weighted by Crippen LogP contribution is 2.40. The fraction of sp³-hybridized carbons (Fsp3) is 0.655. The number of nitrogens with two attached hydrogens (primary N) is 1. The standard InChI is InChI=1S/C28H42N4O6.C27H42N4O5/c1-8-20-14-24-23(31(13-11-29-17-33)25(34)19(4)37-24)15-22(20)26(35)32(18(2)3)21-10-9-12-30(16-21)27(36)38-28(5,6)7;1-8-19-14-23-22(30(13-11-28)24(32)18(4)35-23)15-21(19)25(33)31(17(2)3)20-10-9-12-29(16-20)26(34)36-27(5,6)7/h14-15,17-19,21H,8-13,16H2,1-7H3,(H,29,33);14-15,17-18,20H,8-13,16,28H2,1-7H3/t19-,21-;18-,20-/m11/s1. The van der Waals surface area contributed by atoms with E-state index in [2.05, 4.69) is 5.32 Å². The summed E-state index contributed by atoms with van der Waals surface area (Å²) in [5, 5.41) is 2.59. The molecule has 2 saturated heterocycles. The lowest BCUT2D eigenvalue weighted by molar-refractivity contribution is -0.126. The molecule has 410 valence electrons. The van der Waals surface area contributed by atoms with Gasteiger partial charge in [0, 0.05) is 75.6 Å². The number of likely N-dealkylation sites (tertiary alicyclic amines) is 2. The molecule has 0 radical (unpaired) electrons. The molecule has 74 heavy (non-hydrogen) atoms. The van der Waals surface area contributed by atoms with Crippen molar-refractivity contribution in [2.24, 2.45) is 5.73 Å². The maximum atomic E-state index is 14.2. The number of ether oxygens (including phenoxy) is 4. The highest BCUT2D eigenvalue weighted by atomic mass is 16.6. The highest BCUT2D eigenvalue weighted by molar-refractivity contribution is 6.04. The van der Waals surface area contributed by atoms with Crippen LogP contribution < -0.4 is 30.3 Å². The lowest BCUT2D eigenvalue weighted by atomic mass is 9.97. The second kappa shape index (κ2) is 24.9. The Hall–Kier alpha value is -6.11. The Balaban J connectivity index is 0.000000274. The van der Waals surface area contributed by atoms with Gasteiger partial charge in [-0.25, -0.2) is 9.59 Å². The summed E-state index contributed by atoms with van der Waals surface area (Å²) in [6.07, 6.45) is 2.96. The van der Waals surface area contributed by atoms with Crippen LogP contribution in [0.3, 0.4) is 0 Å². The average Bonchev–Trinajstić information content (AvgIpc) is 3.32. The van der Waals surface area contributed by atoms with E-state index in [4.69, 9.17) is 24.7 Å². The van der Waals surface area contributed by atoms with Crippen molar-refractivity contribution >= 4 is 53.6 Å². The van der Waals surface area contributed by atoms with E-state index in [-0.39, 0.29) is 73.1 Å². The molecule has 0 spiro atoms. The van der Waals surface area contributed by atoms with Gasteiger partial charge >= 0.3 is 12.2 Å². The van der Waals surface area contributed by atoms with E-state index in [0.29, 0.717) is 92.5 Å². The van der Waals surface area contributed by atoms with Crippen molar-refractivity contribution in [2.75, 3.05) is 62.2 Å². The van der Waals surface area contributed by atoms with E-state index in [0.717, 1.165) is 36.8 Å². The third-order valence-electron chi connectivity index (χ3n) is 13.4. The van der Waals surface area contributed by atoms with E-state index in [9.17, 15) is 33.6 Å². The Morgan fingerprint density at radius 3 is 1.43 bits per heavy atom. The van der Waals surface area contributed by atoms with E-state index >= 15 is 0 Å². The molecule has 0 aromatic heterocycles. The summed E-state index contributed by atoms with van der Waals surface area (Å²) in [4.78, 5) is 101. The minimum Gasteiger partial charge on any atom is -0.479 e. The van der Waals surface area contributed by atoms with Gasteiger partial charge in [-0.3, -0.25) is 24.0 Å². The first-order chi connectivity index (χ1) is 34.7. The Bertz CT molecular complexity index is 2360. The predicted octanol–water partition coefficient (Wildman–Crippen LogP) is 6.93. The van der Waals surface area contributed by atoms with Crippen LogP contribution in [0.1, 0.15) is 154 Å². The molecule has 4 aliphatic rings. The molecule has 6 rings (SSSR count). The van der Waals surface area contributed by atoms with Crippen LogP contribution in [-0.4, -0.2) is 162 Å². The van der Waals surface area contributed by atoms with E-state index < -0.39 is 23.4 Å². The molecule has 19 nitrogen and oxygen atoms in total. The minimum absolute atomic E-state index is 0.0834. The van der Waals surface area contributed by atoms with Crippen molar-refractivity contribution in [2.45, 2.75) is 183 Å². The van der Waals surface area contributed by atoms with Crippen molar-refractivity contribution in [3.8, 4) is 11.5 Å². The lowest BCUT2D eigenvalue weighted by Gasteiger charge is -2.42. The van der Waals surface area contributed by atoms with Crippen molar-refractivity contribution in [1.82, 2.24) is 24.9 Å². The third kappa shape index (κ3) is 14.2. The molecule has 7 amide bonds. The zero-order valence-electron chi connectivity index (χ0n) is 46.5. The summed E-state index contributed by atoms with van der Waals surface area (Å²) in [5.74, 6) is 0.480. The van der Waals surface area contributed by atoms with Crippen LogP contribution in [0.5, 0.6) is 11.5 Å². The van der Waals surface area contributed by atoms with E-state index in [1.165, 1.54) is 0 Å². The van der Waals surface area contributed by atoms with Gasteiger partial charge in [-0.05, 0) is 157 Å². The van der Waals surface area contributed by atoms with Gasteiger partial charge in [0.2, 0.25) is 6.41 Å². The Morgan fingerprint density at radius 2 is 1.09 bits per heavy atom. The summed E-state index contributed by atoms with van der Waals surface area (Å²) in [7, 11) is 0. The number of benzene rings is 2. The second-order valence-electron chi connectivity index (χ2n) is 22.1. The summed E-state index contributed by atoms with van der Waals surface area (Å²) in [6, 6.07) is 6.73. The molecule has 3 N–H and O–H groups in total. The highest BCUT2D eigenvalue weighted by Gasteiger charge is 2.40. The molecule has 0 unspecified atom stereocenters. The summed E-state index contributed by atoms with van der Waals surface area (Å²) >= 11 is 0. The van der Waals surface area contributed by atoms with Crippen LogP contribution in [0.15, 0.2) is 24.3 Å². The number of piperidine rings is 2. The van der Waals surface area contributed by atoms with E-state index in [1.54, 1.807) is 45.6 Å². The van der Waals surface area contributed by atoms with E-state index in [1.807, 2.05) is 105 Å². The summed E-state index contributed by atoms with van der Waals surface area (Å²) in [5.41, 5.74) is 8.45. The number of carbonyl (C=O) groups excluding carboxylic acids is 7. The maximum Gasteiger partial charge on any atom is 0.410 e. The molecule has 2 aromatic carbocycles. The van der Waals surface area contributed by atoms with Gasteiger partial charge in [0.15, 0.2) is 12.2 Å². The zero-order valence-corrected chi connectivity index (χ0v) is 46.5. The molecule has 2 aromatic rings. The molecule has 0 bridgehead atoms. The zero-order chi connectivity index (χ0) is 55.0. The number of nitrogens with zero attached hydrogens (tertiary/aromatic N) is 6. The number of fused-ring (bicyclic) bond motifs is 2. The van der Waals surface area contributed by atoms with Gasteiger partial charge in [0.25, 0.3) is 23.6 Å². The normalized spacial score (nSPS) is 19.9. The molecule has 4 heterocycles. The first-order valence-electron chi connectivity index (χ1n) is 26.5. The van der Waals surface area contributed by atoms with Crippen LogP contribution in [-0.2, 0) is 36.7 Å². The van der Waals surface area contributed by atoms with Crippen LogP contribution in [0.25, 0.3) is 0 Å². The third-order valence-corrected chi connectivity index (χ3v) is 13.4. The first kappa shape index (κ1) is 58.8. The van der Waals surface area contributed by atoms with Crippen molar-refractivity contribution in [3.05, 3.63) is 46.5 Å². The van der Waals surface area contributed by atoms with Gasteiger partial charge in [0.05, 0.1) is 23.5 Å². The molecular weight excluding hydrogens is 949 g/mol. The number of anilines is 2. The van der Waals surface area contributed by atoms with Gasteiger partial charge in [-0.1, -0.05) is 13.8 Å². The summed E-state index contributed by atoms with van der Waals surface area (Å²) in [6.45, 7) is 29.6. The lowest BCUT2D eigenvalue weighted by Crippen LogP contribution is -2.54. The molecule has 4 atom stereocenters. The monoisotopic (exact) mass is 1030 g/mol. The number of amides is 7.